The second-order valence-electron chi connectivity index (χ2n) is 3.36. The highest BCUT2D eigenvalue weighted by atomic mass is 19.1. The molecular weight excluding hydrogens is 183 g/mol. The van der Waals surface area contributed by atoms with Crippen molar-refractivity contribution in [1.29, 1.82) is 0 Å². The lowest BCUT2D eigenvalue weighted by molar-refractivity contribution is -0.154. The molecule has 0 radical (unpaired) electrons. The average Bonchev–Trinajstić information content (AvgIpc) is 2.17. The van der Waals surface area contributed by atoms with Gasteiger partial charge in [-0.15, -0.1) is 0 Å². The van der Waals surface area contributed by atoms with Crippen molar-refractivity contribution in [3.63, 3.8) is 0 Å². The lowest BCUT2D eigenvalue weighted by Crippen LogP contribution is -2.28. The molecule has 1 rings (SSSR count). The largest absolute Gasteiger partial charge is 0.466 e. The maximum absolute atomic E-state index is 13.9. The Morgan fingerprint density at radius 3 is 2.29 bits per heavy atom. The van der Waals surface area contributed by atoms with Crippen LogP contribution in [0.2, 0.25) is 0 Å². The zero-order valence-corrected chi connectivity index (χ0v) is 8.50. The average molecular weight is 196 g/mol. The van der Waals surface area contributed by atoms with Crippen molar-refractivity contribution in [2.75, 3.05) is 7.11 Å². The Hall–Kier alpha value is -1.38. The van der Waals surface area contributed by atoms with E-state index in [1.54, 1.807) is 24.3 Å². The van der Waals surface area contributed by atoms with Gasteiger partial charge in [-0.1, -0.05) is 29.8 Å². The van der Waals surface area contributed by atoms with Crippen molar-refractivity contribution in [2.45, 2.75) is 19.5 Å². The second kappa shape index (κ2) is 3.78. The lowest BCUT2D eigenvalue weighted by atomic mass is 9.97. The zero-order chi connectivity index (χ0) is 10.8. The summed E-state index contributed by atoms with van der Waals surface area (Å²) in [6.45, 7) is 3.10. The summed E-state index contributed by atoms with van der Waals surface area (Å²) in [5.41, 5.74) is -0.730. The van der Waals surface area contributed by atoms with Gasteiger partial charge in [0, 0.05) is 5.56 Å². The summed E-state index contributed by atoms with van der Waals surface area (Å²) in [6.07, 6.45) is 0. The second-order valence-corrected chi connectivity index (χ2v) is 3.36. The number of hydrogen-bond acceptors (Lipinski definition) is 2. The van der Waals surface area contributed by atoms with E-state index in [-0.39, 0.29) is 0 Å². The van der Waals surface area contributed by atoms with Crippen molar-refractivity contribution in [2.24, 2.45) is 0 Å². The molecule has 1 aromatic rings. The van der Waals surface area contributed by atoms with Gasteiger partial charge in [0.1, 0.15) is 0 Å². The fraction of sp³-hybridized carbons (Fsp3) is 0.364. The van der Waals surface area contributed by atoms with E-state index in [1.165, 1.54) is 14.0 Å². The zero-order valence-electron chi connectivity index (χ0n) is 8.50. The first-order chi connectivity index (χ1) is 6.48. The number of esters is 1. The van der Waals surface area contributed by atoms with Crippen LogP contribution in [0.15, 0.2) is 24.3 Å². The third kappa shape index (κ3) is 1.92. The molecule has 0 saturated heterocycles. The number of aryl methyl sites for hydroxylation is 1. The molecule has 1 atom stereocenters. The number of alkyl halides is 1. The van der Waals surface area contributed by atoms with E-state index in [9.17, 15) is 9.18 Å². The highest BCUT2D eigenvalue weighted by molar-refractivity contribution is 5.80. The standard InChI is InChI=1S/C11H13FO2/c1-8-4-6-9(7-5-8)11(2,12)10(13)14-3/h4-7H,1-3H3. The summed E-state index contributed by atoms with van der Waals surface area (Å²) in [6, 6.07) is 6.70. The fourth-order valence-electron chi connectivity index (χ4n) is 1.18. The summed E-state index contributed by atoms with van der Waals surface area (Å²) in [4.78, 5) is 11.1. The first-order valence-electron chi connectivity index (χ1n) is 4.33. The SMILES string of the molecule is COC(=O)C(C)(F)c1ccc(C)cc1. The number of carbonyl (C=O) groups excluding carboxylic acids is 1. The number of benzene rings is 1. The van der Waals surface area contributed by atoms with Gasteiger partial charge in [-0.3, -0.25) is 0 Å². The Labute approximate surface area is 82.7 Å². The van der Waals surface area contributed by atoms with E-state index in [1.807, 2.05) is 6.92 Å². The van der Waals surface area contributed by atoms with Crippen LogP contribution in [0.3, 0.4) is 0 Å². The molecule has 14 heavy (non-hydrogen) atoms. The molecule has 1 aromatic carbocycles. The Morgan fingerprint density at radius 1 is 1.36 bits per heavy atom. The minimum atomic E-state index is -2.07. The summed E-state index contributed by atoms with van der Waals surface area (Å²) in [5, 5.41) is 0. The Balaban J connectivity index is 3.03. The predicted molar refractivity (Wildman–Crippen MR) is 51.7 cm³/mol. The van der Waals surface area contributed by atoms with Crippen LogP contribution in [0.1, 0.15) is 18.1 Å². The van der Waals surface area contributed by atoms with Gasteiger partial charge in [0.25, 0.3) is 0 Å². The third-order valence-electron chi connectivity index (χ3n) is 2.16. The third-order valence-corrected chi connectivity index (χ3v) is 2.16. The van der Waals surface area contributed by atoms with E-state index in [0.29, 0.717) is 5.56 Å². The number of hydrogen-bond donors (Lipinski definition) is 0. The van der Waals surface area contributed by atoms with Gasteiger partial charge in [-0.05, 0) is 13.8 Å². The summed E-state index contributed by atoms with van der Waals surface area (Å²) in [5.74, 6) is -0.874. The van der Waals surface area contributed by atoms with Crippen LogP contribution in [0.25, 0.3) is 0 Å². The van der Waals surface area contributed by atoms with E-state index in [2.05, 4.69) is 4.74 Å². The molecule has 0 saturated carbocycles. The van der Waals surface area contributed by atoms with Gasteiger partial charge in [0.2, 0.25) is 5.67 Å². The minimum Gasteiger partial charge on any atom is -0.466 e. The highest BCUT2D eigenvalue weighted by Gasteiger charge is 2.36. The van der Waals surface area contributed by atoms with Crippen LogP contribution in [-0.4, -0.2) is 13.1 Å². The monoisotopic (exact) mass is 196 g/mol. The van der Waals surface area contributed by atoms with Crippen molar-refractivity contribution >= 4 is 5.97 Å². The van der Waals surface area contributed by atoms with Crippen molar-refractivity contribution in [1.82, 2.24) is 0 Å². The number of rotatable bonds is 2. The van der Waals surface area contributed by atoms with Gasteiger partial charge in [-0.2, -0.15) is 0 Å². The van der Waals surface area contributed by atoms with Gasteiger partial charge in [0.15, 0.2) is 0 Å². The molecule has 0 bridgehead atoms. The molecule has 3 heteroatoms. The molecular formula is C11H13FO2. The fourth-order valence-corrected chi connectivity index (χ4v) is 1.18. The predicted octanol–water partition coefficient (Wildman–Crippen LogP) is 2.35. The molecule has 0 N–H and O–H groups in total. The molecule has 0 fully saturated rings. The summed E-state index contributed by atoms with van der Waals surface area (Å²) >= 11 is 0. The van der Waals surface area contributed by atoms with E-state index in [4.69, 9.17) is 0 Å². The molecule has 2 nitrogen and oxygen atoms in total. The van der Waals surface area contributed by atoms with Gasteiger partial charge in [0.05, 0.1) is 7.11 Å². The maximum atomic E-state index is 13.9. The lowest BCUT2D eigenvalue weighted by Gasteiger charge is -2.17. The number of methoxy groups -OCH3 is 1. The molecule has 0 amide bonds. The molecule has 1 unspecified atom stereocenters. The van der Waals surface area contributed by atoms with Gasteiger partial charge >= 0.3 is 5.97 Å². The molecule has 0 aliphatic heterocycles. The molecule has 0 heterocycles. The van der Waals surface area contributed by atoms with E-state index >= 15 is 0 Å². The molecule has 0 aromatic heterocycles. The Kier molecular flexibility index (Phi) is 2.89. The smallest absolute Gasteiger partial charge is 0.348 e. The highest BCUT2D eigenvalue weighted by Crippen LogP contribution is 2.26. The molecule has 0 aliphatic rings. The maximum Gasteiger partial charge on any atom is 0.348 e. The Morgan fingerprint density at radius 2 is 1.86 bits per heavy atom. The van der Waals surface area contributed by atoms with Crippen molar-refractivity contribution in [3.05, 3.63) is 35.4 Å². The Bertz CT molecular complexity index is 328. The number of carbonyl (C=O) groups is 1. The summed E-state index contributed by atoms with van der Waals surface area (Å²) in [7, 11) is 1.17. The quantitative estimate of drug-likeness (QED) is 0.679. The van der Waals surface area contributed by atoms with Crippen LogP contribution in [0.5, 0.6) is 0 Å². The van der Waals surface area contributed by atoms with Crippen molar-refractivity contribution < 1.29 is 13.9 Å². The number of ether oxygens (including phenoxy) is 1. The van der Waals surface area contributed by atoms with Crippen LogP contribution >= 0.6 is 0 Å². The van der Waals surface area contributed by atoms with Crippen LogP contribution in [0.4, 0.5) is 4.39 Å². The first-order valence-corrected chi connectivity index (χ1v) is 4.33. The van der Waals surface area contributed by atoms with Crippen molar-refractivity contribution in [3.8, 4) is 0 Å². The van der Waals surface area contributed by atoms with Crippen LogP contribution in [-0.2, 0) is 15.2 Å². The van der Waals surface area contributed by atoms with E-state index < -0.39 is 11.6 Å². The molecule has 76 valence electrons. The van der Waals surface area contributed by atoms with E-state index in [0.717, 1.165) is 5.56 Å². The minimum absolute atomic E-state index is 0.315. The first kappa shape index (κ1) is 10.7. The van der Waals surface area contributed by atoms with Crippen LogP contribution in [0, 0.1) is 6.92 Å². The number of halogens is 1. The summed E-state index contributed by atoms with van der Waals surface area (Å²) < 4.78 is 18.3. The molecule has 0 aliphatic carbocycles. The topological polar surface area (TPSA) is 26.3 Å². The normalized spacial score (nSPS) is 14.6. The van der Waals surface area contributed by atoms with Gasteiger partial charge < -0.3 is 4.74 Å². The van der Waals surface area contributed by atoms with Gasteiger partial charge in [-0.25, -0.2) is 9.18 Å². The van der Waals surface area contributed by atoms with Crippen LogP contribution < -0.4 is 0 Å². The molecule has 0 spiro atoms.